The molecule has 1 aliphatic heterocycles. The zero-order chi connectivity index (χ0) is 15.5. The summed E-state index contributed by atoms with van der Waals surface area (Å²) < 4.78 is 5.45. The van der Waals surface area contributed by atoms with E-state index in [4.69, 9.17) is 4.42 Å². The van der Waals surface area contributed by atoms with Crippen LogP contribution in [-0.2, 0) is 17.8 Å². The maximum atomic E-state index is 12.6. The van der Waals surface area contributed by atoms with Gasteiger partial charge in [0, 0.05) is 37.4 Å². The molecule has 3 rings (SSSR count). The molecule has 0 bridgehead atoms. The second-order valence-corrected chi connectivity index (χ2v) is 6.35. The third-order valence-corrected chi connectivity index (χ3v) is 4.75. The molecule has 1 aliphatic rings. The molecule has 0 radical (unpaired) electrons. The van der Waals surface area contributed by atoms with Crippen molar-refractivity contribution in [3.05, 3.63) is 60.1 Å². The minimum absolute atomic E-state index is 0.0126. The van der Waals surface area contributed by atoms with E-state index < -0.39 is 0 Å². The molecule has 0 saturated carbocycles. The van der Waals surface area contributed by atoms with Crippen molar-refractivity contribution in [1.82, 2.24) is 4.90 Å². The van der Waals surface area contributed by atoms with Crippen molar-refractivity contribution in [2.45, 2.75) is 32.9 Å². The topological polar surface area (TPSA) is 33.5 Å². The first-order chi connectivity index (χ1) is 10.6. The van der Waals surface area contributed by atoms with Crippen molar-refractivity contribution in [2.24, 2.45) is 11.8 Å². The van der Waals surface area contributed by atoms with Crippen LogP contribution in [0, 0.1) is 11.8 Å². The number of hydrogen-bond acceptors (Lipinski definition) is 3. The number of nitrogens with zero attached hydrogens (tertiary/aromatic N) is 1. The van der Waals surface area contributed by atoms with Crippen molar-refractivity contribution in [1.29, 1.82) is 0 Å². The lowest BCUT2D eigenvalue weighted by atomic mass is 9.80. The Hall–Kier alpha value is -1.87. The Morgan fingerprint density at radius 3 is 2.59 bits per heavy atom. The molecular weight excluding hydrogens is 274 g/mol. The highest BCUT2D eigenvalue weighted by Gasteiger charge is 2.38. The molecular formula is C19H23NO2. The van der Waals surface area contributed by atoms with Gasteiger partial charge in [-0.05, 0) is 24.6 Å². The van der Waals surface area contributed by atoms with Crippen LogP contribution in [0.1, 0.15) is 25.2 Å². The monoisotopic (exact) mass is 297 g/mol. The number of Topliss-reactive ketones (excluding diaryl/α,β-unsaturated/α-hetero) is 1. The highest BCUT2D eigenvalue weighted by molar-refractivity contribution is 5.85. The summed E-state index contributed by atoms with van der Waals surface area (Å²) in [6.45, 7) is 5.94. The van der Waals surface area contributed by atoms with Crippen LogP contribution in [0.15, 0.2) is 53.1 Å². The molecule has 0 spiro atoms. The molecule has 22 heavy (non-hydrogen) atoms. The van der Waals surface area contributed by atoms with E-state index in [0.29, 0.717) is 12.2 Å². The van der Waals surface area contributed by atoms with Gasteiger partial charge in [0.15, 0.2) is 0 Å². The molecule has 3 unspecified atom stereocenters. The summed E-state index contributed by atoms with van der Waals surface area (Å²) in [5.74, 6) is 1.37. The van der Waals surface area contributed by atoms with Crippen LogP contribution in [0.25, 0.3) is 0 Å². The van der Waals surface area contributed by atoms with E-state index >= 15 is 0 Å². The van der Waals surface area contributed by atoms with Crippen molar-refractivity contribution in [3.8, 4) is 0 Å². The van der Waals surface area contributed by atoms with Gasteiger partial charge in [-0.2, -0.15) is 0 Å². The number of benzene rings is 1. The van der Waals surface area contributed by atoms with Gasteiger partial charge in [0.2, 0.25) is 0 Å². The molecule has 1 aromatic heterocycles. The van der Waals surface area contributed by atoms with Gasteiger partial charge in [0.25, 0.3) is 0 Å². The molecule has 3 heteroatoms. The van der Waals surface area contributed by atoms with E-state index in [0.717, 1.165) is 18.8 Å². The normalized spacial score (nSPS) is 26.3. The smallest absolute Gasteiger partial charge is 0.142 e. The van der Waals surface area contributed by atoms with E-state index in [1.165, 1.54) is 5.56 Å². The van der Waals surface area contributed by atoms with Crippen LogP contribution < -0.4 is 0 Å². The summed E-state index contributed by atoms with van der Waals surface area (Å²) >= 11 is 0. The SMILES string of the molecule is CC1CN(Cc2ccccc2)C(C)C(Cc2ccco2)C1=O. The molecule has 2 aromatic rings. The summed E-state index contributed by atoms with van der Waals surface area (Å²) in [5, 5.41) is 0. The Labute approximate surface area is 131 Å². The summed E-state index contributed by atoms with van der Waals surface area (Å²) in [6.07, 6.45) is 2.38. The van der Waals surface area contributed by atoms with Crippen LogP contribution >= 0.6 is 0 Å². The first-order valence-electron chi connectivity index (χ1n) is 7.99. The Bertz CT molecular complexity index is 606. The Morgan fingerprint density at radius 2 is 1.91 bits per heavy atom. The van der Waals surface area contributed by atoms with E-state index in [1.807, 2.05) is 25.1 Å². The first-order valence-corrected chi connectivity index (χ1v) is 7.99. The number of hydrogen-bond donors (Lipinski definition) is 0. The fraction of sp³-hybridized carbons (Fsp3) is 0.421. The van der Waals surface area contributed by atoms with Crippen molar-refractivity contribution in [2.75, 3.05) is 6.54 Å². The van der Waals surface area contributed by atoms with Gasteiger partial charge in [-0.1, -0.05) is 37.3 Å². The van der Waals surface area contributed by atoms with E-state index in [2.05, 4.69) is 36.1 Å². The van der Waals surface area contributed by atoms with Crippen molar-refractivity contribution in [3.63, 3.8) is 0 Å². The van der Waals surface area contributed by atoms with Crippen LogP contribution in [0.2, 0.25) is 0 Å². The number of furan rings is 1. The number of carbonyl (C=O) groups is 1. The van der Waals surface area contributed by atoms with Gasteiger partial charge in [-0.25, -0.2) is 0 Å². The third kappa shape index (κ3) is 3.14. The summed E-state index contributed by atoms with van der Waals surface area (Å²) in [5.41, 5.74) is 1.30. The van der Waals surface area contributed by atoms with Crippen LogP contribution in [0.5, 0.6) is 0 Å². The second-order valence-electron chi connectivity index (χ2n) is 6.35. The molecule has 0 aliphatic carbocycles. The Kier molecular flexibility index (Phi) is 4.44. The average molecular weight is 297 g/mol. The minimum atomic E-state index is 0.0126. The lowest BCUT2D eigenvalue weighted by Gasteiger charge is -2.41. The second kappa shape index (κ2) is 6.49. The summed E-state index contributed by atoms with van der Waals surface area (Å²) in [4.78, 5) is 15.0. The predicted octanol–water partition coefficient (Wildman–Crippen LogP) is 3.55. The van der Waals surface area contributed by atoms with E-state index in [9.17, 15) is 4.79 Å². The third-order valence-electron chi connectivity index (χ3n) is 4.75. The highest BCUT2D eigenvalue weighted by atomic mass is 16.3. The lowest BCUT2D eigenvalue weighted by Crippen LogP contribution is -2.52. The van der Waals surface area contributed by atoms with E-state index in [1.54, 1.807) is 6.26 Å². The lowest BCUT2D eigenvalue weighted by molar-refractivity contribution is -0.134. The molecule has 3 nitrogen and oxygen atoms in total. The molecule has 1 saturated heterocycles. The standard InChI is InChI=1S/C19H23NO2/c1-14-12-20(13-16-7-4-3-5-8-16)15(2)18(19(14)21)11-17-9-6-10-22-17/h3-10,14-15,18H,11-13H2,1-2H3. The zero-order valence-corrected chi connectivity index (χ0v) is 13.2. The highest BCUT2D eigenvalue weighted by Crippen LogP contribution is 2.28. The van der Waals surface area contributed by atoms with Gasteiger partial charge in [0.1, 0.15) is 11.5 Å². The summed E-state index contributed by atoms with van der Waals surface area (Å²) in [7, 11) is 0. The largest absolute Gasteiger partial charge is 0.469 e. The quantitative estimate of drug-likeness (QED) is 0.865. The molecule has 2 heterocycles. The van der Waals surface area contributed by atoms with Gasteiger partial charge in [-0.3, -0.25) is 9.69 Å². The number of rotatable bonds is 4. The van der Waals surface area contributed by atoms with Gasteiger partial charge in [0.05, 0.1) is 6.26 Å². The molecule has 1 aromatic carbocycles. The van der Waals surface area contributed by atoms with Crippen molar-refractivity contribution >= 4 is 5.78 Å². The number of ketones is 1. The summed E-state index contributed by atoms with van der Waals surface area (Å²) in [6, 6.07) is 14.5. The van der Waals surface area contributed by atoms with Crippen LogP contribution in [-0.4, -0.2) is 23.3 Å². The minimum Gasteiger partial charge on any atom is -0.469 e. The van der Waals surface area contributed by atoms with Gasteiger partial charge in [-0.15, -0.1) is 0 Å². The molecule has 0 amide bonds. The number of carbonyl (C=O) groups excluding carboxylic acids is 1. The van der Waals surface area contributed by atoms with Gasteiger partial charge >= 0.3 is 0 Å². The first kappa shape index (κ1) is 15.0. The van der Waals surface area contributed by atoms with Crippen molar-refractivity contribution < 1.29 is 9.21 Å². The fourth-order valence-electron chi connectivity index (χ4n) is 3.41. The molecule has 3 atom stereocenters. The van der Waals surface area contributed by atoms with Crippen LogP contribution in [0.3, 0.4) is 0 Å². The Morgan fingerprint density at radius 1 is 1.14 bits per heavy atom. The zero-order valence-electron chi connectivity index (χ0n) is 13.2. The predicted molar refractivity (Wildman–Crippen MR) is 86.4 cm³/mol. The molecule has 1 fully saturated rings. The number of piperidine rings is 1. The maximum absolute atomic E-state index is 12.6. The van der Waals surface area contributed by atoms with Gasteiger partial charge < -0.3 is 4.42 Å². The fourth-order valence-corrected chi connectivity index (χ4v) is 3.41. The molecule has 116 valence electrons. The van der Waals surface area contributed by atoms with Crippen LogP contribution in [0.4, 0.5) is 0 Å². The van der Waals surface area contributed by atoms with E-state index in [-0.39, 0.29) is 17.9 Å². The molecule has 0 N–H and O–H groups in total. The maximum Gasteiger partial charge on any atom is 0.142 e. The Balaban J connectivity index is 1.76. The number of likely N-dealkylation sites (tertiary alicyclic amines) is 1. The average Bonchev–Trinajstić information content (AvgIpc) is 3.03.